The van der Waals surface area contributed by atoms with Gasteiger partial charge in [0.15, 0.2) is 0 Å². The summed E-state index contributed by atoms with van der Waals surface area (Å²) < 4.78 is 5.33. The van der Waals surface area contributed by atoms with Gasteiger partial charge in [0.05, 0.1) is 6.26 Å². The Balaban J connectivity index is 1.34. The molecule has 3 aromatic carbocycles. The Hall–Kier alpha value is -3.57. The first-order valence-corrected chi connectivity index (χ1v) is 10.4. The lowest BCUT2D eigenvalue weighted by molar-refractivity contribution is 0.262. The fourth-order valence-corrected chi connectivity index (χ4v) is 3.92. The normalized spacial score (nSPS) is 10.9. The molecular weight excluding hydrogens is 386 g/mol. The fourth-order valence-electron chi connectivity index (χ4n) is 3.92. The summed E-state index contributed by atoms with van der Waals surface area (Å²) in [5.74, 6) is 0. The summed E-state index contributed by atoms with van der Waals surface area (Å²) in [4.78, 5) is 12.4. The third kappa shape index (κ3) is 5.13. The average Bonchev–Trinajstić information content (AvgIpc) is 3.18. The molecule has 5 nitrogen and oxygen atoms in total. The van der Waals surface area contributed by atoms with Gasteiger partial charge in [0.25, 0.3) is 0 Å². The van der Waals surface area contributed by atoms with Crippen LogP contribution in [-0.4, -0.2) is 6.03 Å². The molecule has 1 aromatic heterocycles. The number of furan rings is 1. The second-order valence-corrected chi connectivity index (χ2v) is 7.93. The summed E-state index contributed by atoms with van der Waals surface area (Å²) in [5.41, 5.74) is 8.63. The van der Waals surface area contributed by atoms with Crippen LogP contribution in [0.1, 0.15) is 27.8 Å². The Morgan fingerprint density at radius 2 is 1.58 bits per heavy atom. The van der Waals surface area contributed by atoms with Crippen LogP contribution in [0.3, 0.4) is 0 Å². The second-order valence-electron chi connectivity index (χ2n) is 7.93. The van der Waals surface area contributed by atoms with E-state index in [9.17, 15) is 4.79 Å². The summed E-state index contributed by atoms with van der Waals surface area (Å²) in [6.07, 6.45) is 1.63. The maximum Gasteiger partial charge on any atom is 0.323 e. The summed E-state index contributed by atoms with van der Waals surface area (Å²) in [5, 5.41) is 10.2. The van der Waals surface area contributed by atoms with E-state index in [0.29, 0.717) is 5.69 Å². The molecule has 0 aliphatic rings. The van der Waals surface area contributed by atoms with Crippen LogP contribution in [0.25, 0.3) is 11.0 Å². The van der Waals surface area contributed by atoms with E-state index in [1.807, 2.05) is 42.5 Å². The zero-order valence-corrected chi connectivity index (χ0v) is 18.1. The smallest absolute Gasteiger partial charge is 0.323 e. The molecule has 31 heavy (non-hydrogen) atoms. The van der Waals surface area contributed by atoms with E-state index in [0.717, 1.165) is 35.3 Å². The highest BCUT2D eigenvalue weighted by molar-refractivity contribution is 6.00. The molecule has 4 rings (SSSR count). The van der Waals surface area contributed by atoms with Gasteiger partial charge in [-0.2, -0.15) is 0 Å². The quantitative estimate of drug-likeness (QED) is 0.348. The average molecular weight is 414 g/mol. The van der Waals surface area contributed by atoms with Gasteiger partial charge in [0, 0.05) is 29.9 Å². The molecule has 0 aliphatic heterocycles. The maximum absolute atomic E-state index is 12.4. The highest BCUT2D eigenvalue weighted by Crippen LogP contribution is 2.20. The van der Waals surface area contributed by atoms with Gasteiger partial charge < -0.3 is 20.4 Å². The number of carbonyl (C=O) groups excluding carboxylic acids is 1. The van der Waals surface area contributed by atoms with Crippen molar-refractivity contribution in [3.8, 4) is 0 Å². The van der Waals surface area contributed by atoms with Crippen molar-refractivity contribution in [3.63, 3.8) is 0 Å². The van der Waals surface area contributed by atoms with Gasteiger partial charge in [-0.1, -0.05) is 29.8 Å². The SMILES string of the molecule is Cc1cc(C)c(CNCc2cccc(NC(=O)Nc3ccc4occc4c3)c2)c(C)c1. The second kappa shape index (κ2) is 9.06. The monoisotopic (exact) mass is 413 g/mol. The first-order valence-electron chi connectivity index (χ1n) is 10.4. The molecule has 1 heterocycles. The number of benzene rings is 3. The summed E-state index contributed by atoms with van der Waals surface area (Å²) >= 11 is 0. The van der Waals surface area contributed by atoms with Crippen molar-refractivity contribution in [3.05, 3.63) is 94.7 Å². The number of urea groups is 1. The van der Waals surface area contributed by atoms with Crippen molar-refractivity contribution in [1.29, 1.82) is 0 Å². The number of fused-ring (bicyclic) bond motifs is 1. The van der Waals surface area contributed by atoms with E-state index in [-0.39, 0.29) is 6.03 Å². The molecule has 0 fully saturated rings. The number of nitrogens with one attached hydrogen (secondary N) is 3. The van der Waals surface area contributed by atoms with Crippen molar-refractivity contribution in [2.24, 2.45) is 0 Å². The number of rotatable bonds is 6. The van der Waals surface area contributed by atoms with Gasteiger partial charge in [-0.3, -0.25) is 0 Å². The van der Waals surface area contributed by atoms with Crippen molar-refractivity contribution in [2.45, 2.75) is 33.9 Å². The van der Waals surface area contributed by atoms with E-state index < -0.39 is 0 Å². The van der Waals surface area contributed by atoms with Crippen LogP contribution in [0, 0.1) is 20.8 Å². The standard InChI is InChI=1S/C26H27N3O2/c1-17-11-18(2)24(19(3)12-17)16-27-15-20-5-4-6-22(13-20)28-26(30)29-23-7-8-25-21(14-23)9-10-31-25/h4-14,27H,15-16H2,1-3H3,(H2,28,29,30). The highest BCUT2D eigenvalue weighted by atomic mass is 16.3. The summed E-state index contributed by atoms with van der Waals surface area (Å²) in [7, 11) is 0. The first kappa shape index (κ1) is 20.7. The number of anilines is 2. The molecule has 5 heteroatoms. The van der Waals surface area contributed by atoms with Gasteiger partial charge in [0.2, 0.25) is 0 Å². The predicted molar refractivity (Wildman–Crippen MR) is 126 cm³/mol. The van der Waals surface area contributed by atoms with Gasteiger partial charge in [0.1, 0.15) is 5.58 Å². The zero-order chi connectivity index (χ0) is 21.8. The van der Waals surface area contributed by atoms with Gasteiger partial charge in [-0.05, 0) is 79.4 Å². The van der Waals surface area contributed by atoms with Gasteiger partial charge in [-0.15, -0.1) is 0 Å². The van der Waals surface area contributed by atoms with Crippen LogP contribution in [0.15, 0.2) is 71.3 Å². The Morgan fingerprint density at radius 3 is 2.35 bits per heavy atom. The Kier molecular flexibility index (Phi) is 6.05. The highest BCUT2D eigenvalue weighted by Gasteiger charge is 2.07. The van der Waals surface area contributed by atoms with Gasteiger partial charge >= 0.3 is 6.03 Å². The van der Waals surface area contributed by atoms with Crippen LogP contribution >= 0.6 is 0 Å². The number of hydrogen-bond donors (Lipinski definition) is 3. The molecule has 0 aliphatic carbocycles. The van der Waals surface area contributed by atoms with Crippen molar-refractivity contribution in [2.75, 3.05) is 10.6 Å². The minimum Gasteiger partial charge on any atom is -0.464 e. The third-order valence-electron chi connectivity index (χ3n) is 5.37. The minimum atomic E-state index is -0.279. The fraction of sp³-hybridized carbons (Fsp3) is 0.192. The lowest BCUT2D eigenvalue weighted by Gasteiger charge is -2.13. The zero-order valence-electron chi connectivity index (χ0n) is 18.1. The third-order valence-corrected chi connectivity index (χ3v) is 5.37. The van der Waals surface area contributed by atoms with E-state index in [2.05, 4.69) is 54.9 Å². The van der Waals surface area contributed by atoms with E-state index in [1.54, 1.807) is 6.26 Å². The molecule has 3 N–H and O–H groups in total. The number of carbonyl (C=O) groups is 1. The summed E-state index contributed by atoms with van der Waals surface area (Å²) in [6.45, 7) is 7.98. The molecule has 2 amide bonds. The van der Waals surface area contributed by atoms with Crippen molar-refractivity contribution in [1.82, 2.24) is 5.32 Å². The van der Waals surface area contributed by atoms with Crippen LogP contribution in [0.4, 0.5) is 16.2 Å². The lowest BCUT2D eigenvalue weighted by atomic mass is 10.00. The molecule has 0 atom stereocenters. The first-order chi connectivity index (χ1) is 15.0. The topological polar surface area (TPSA) is 66.3 Å². The van der Waals surface area contributed by atoms with Crippen molar-refractivity contribution >= 4 is 28.4 Å². The molecule has 0 saturated heterocycles. The molecule has 0 saturated carbocycles. The maximum atomic E-state index is 12.4. The number of amides is 2. The molecule has 158 valence electrons. The van der Waals surface area contributed by atoms with Crippen LogP contribution < -0.4 is 16.0 Å². The number of hydrogen-bond acceptors (Lipinski definition) is 3. The predicted octanol–water partition coefficient (Wildman–Crippen LogP) is 6.29. The number of aryl methyl sites for hydroxylation is 3. The largest absolute Gasteiger partial charge is 0.464 e. The molecular formula is C26H27N3O2. The van der Waals surface area contributed by atoms with Crippen LogP contribution in [0.2, 0.25) is 0 Å². The summed E-state index contributed by atoms with van der Waals surface area (Å²) in [6, 6.07) is 19.5. The van der Waals surface area contributed by atoms with Crippen molar-refractivity contribution < 1.29 is 9.21 Å². The van der Waals surface area contributed by atoms with E-state index in [1.165, 1.54) is 22.3 Å². The van der Waals surface area contributed by atoms with Crippen LogP contribution in [-0.2, 0) is 13.1 Å². The molecule has 0 spiro atoms. The minimum absolute atomic E-state index is 0.279. The molecule has 0 bridgehead atoms. The van der Waals surface area contributed by atoms with E-state index >= 15 is 0 Å². The Bertz CT molecular complexity index is 1200. The molecule has 0 radical (unpaired) electrons. The van der Waals surface area contributed by atoms with E-state index in [4.69, 9.17) is 4.42 Å². The Labute approximate surface area is 182 Å². The molecule has 4 aromatic rings. The lowest BCUT2D eigenvalue weighted by Crippen LogP contribution is -2.19. The Morgan fingerprint density at radius 1 is 0.839 bits per heavy atom. The van der Waals surface area contributed by atoms with Gasteiger partial charge in [-0.25, -0.2) is 4.79 Å². The van der Waals surface area contributed by atoms with Crippen LogP contribution in [0.5, 0.6) is 0 Å². The molecule has 0 unspecified atom stereocenters.